The molecule has 3 N–H and O–H groups in total. The lowest BCUT2D eigenvalue weighted by molar-refractivity contribution is 0.281. The first-order valence-corrected chi connectivity index (χ1v) is 9.47. The highest BCUT2D eigenvalue weighted by Crippen LogP contribution is 2.18. The van der Waals surface area contributed by atoms with Crippen molar-refractivity contribution in [3.05, 3.63) is 59.7 Å². The van der Waals surface area contributed by atoms with Gasteiger partial charge < -0.3 is 20.7 Å². The van der Waals surface area contributed by atoms with Crippen LogP contribution in [-0.2, 0) is 6.54 Å². The molecule has 0 bridgehead atoms. The number of nitrogens with one attached hydrogen (secondary N) is 1. The molecule has 0 radical (unpaired) electrons. The summed E-state index contributed by atoms with van der Waals surface area (Å²) >= 11 is 0. The molecule has 0 heterocycles. The lowest BCUT2D eigenvalue weighted by atomic mass is 10.0. The van der Waals surface area contributed by atoms with E-state index in [2.05, 4.69) is 55.3 Å². The van der Waals surface area contributed by atoms with Crippen molar-refractivity contribution in [2.24, 2.45) is 10.7 Å². The zero-order chi connectivity index (χ0) is 19.6. The fraction of sp³-hybridized carbons (Fsp3) is 0.409. The normalized spacial score (nSPS) is 11.9. The maximum Gasteiger partial charge on any atom is 0.193 e. The van der Waals surface area contributed by atoms with E-state index in [1.807, 2.05) is 36.4 Å². The summed E-state index contributed by atoms with van der Waals surface area (Å²) in [6.07, 6.45) is 1.01. The molecule has 0 spiro atoms. The van der Waals surface area contributed by atoms with E-state index < -0.39 is 0 Å². The average Bonchev–Trinajstić information content (AvgIpc) is 2.64. The lowest BCUT2D eigenvalue weighted by Crippen LogP contribution is -2.22. The minimum Gasteiger partial charge on any atom is -0.494 e. The van der Waals surface area contributed by atoms with Gasteiger partial charge in [0, 0.05) is 12.2 Å². The molecule has 5 nitrogen and oxygen atoms in total. The lowest BCUT2D eigenvalue weighted by Gasteiger charge is -2.11. The monoisotopic (exact) mass is 368 g/mol. The van der Waals surface area contributed by atoms with Gasteiger partial charge in [-0.3, -0.25) is 0 Å². The van der Waals surface area contributed by atoms with E-state index in [4.69, 9.17) is 10.5 Å². The van der Waals surface area contributed by atoms with Gasteiger partial charge in [-0.05, 0) is 61.8 Å². The van der Waals surface area contributed by atoms with E-state index in [0.717, 1.165) is 36.6 Å². The molecule has 0 aliphatic carbocycles. The second kappa shape index (κ2) is 10.6. The van der Waals surface area contributed by atoms with Crippen molar-refractivity contribution < 1.29 is 4.74 Å². The van der Waals surface area contributed by atoms with Gasteiger partial charge in [0.2, 0.25) is 0 Å². The highest BCUT2D eigenvalue weighted by molar-refractivity contribution is 5.92. The molecule has 0 saturated heterocycles. The van der Waals surface area contributed by atoms with Crippen molar-refractivity contribution in [2.45, 2.75) is 32.7 Å². The van der Waals surface area contributed by atoms with E-state index in [9.17, 15) is 0 Å². The average molecular weight is 369 g/mol. The van der Waals surface area contributed by atoms with Crippen LogP contribution in [0.2, 0.25) is 0 Å². The van der Waals surface area contributed by atoms with Crippen molar-refractivity contribution in [1.82, 2.24) is 4.90 Å². The highest BCUT2D eigenvalue weighted by Gasteiger charge is 2.02. The zero-order valence-electron chi connectivity index (χ0n) is 16.9. The second-order valence-electron chi connectivity index (χ2n) is 7.26. The van der Waals surface area contributed by atoms with Gasteiger partial charge in [-0.15, -0.1) is 0 Å². The van der Waals surface area contributed by atoms with Crippen LogP contribution in [0.15, 0.2) is 53.5 Å². The van der Waals surface area contributed by atoms with E-state index >= 15 is 0 Å². The Labute approximate surface area is 163 Å². The van der Waals surface area contributed by atoms with Crippen LogP contribution >= 0.6 is 0 Å². The Morgan fingerprint density at radius 2 is 1.89 bits per heavy atom. The number of benzene rings is 2. The van der Waals surface area contributed by atoms with Gasteiger partial charge >= 0.3 is 0 Å². The first-order valence-electron chi connectivity index (χ1n) is 9.47. The van der Waals surface area contributed by atoms with E-state index in [-0.39, 0.29) is 0 Å². The molecule has 0 saturated carbocycles. The van der Waals surface area contributed by atoms with Crippen LogP contribution < -0.4 is 15.8 Å². The molecule has 146 valence electrons. The van der Waals surface area contributed by atoms with Gasteiger partial charge in [0.05, 0.1) is 13.2 Å². The molecule has 2 aromatic rings. The van der Waals surface area contributed by atoms with Crippen LogP contribution in [0, 0.1) is 0 Å². The number of hydrogen-bond acceptors (Lipinski definition) is 3. The third kappa shape index (κ3) is 7.71. The minimum absolute atomic E-state index is 0.417. The predicted molar refractivity (Wildman–Crippen MR) is 115 cm³/mol. The largest absolute Gasteiger partial charge is 0.494 e. The van der Waals surface area contributed by atoms with Crippen LogP contribution in [0.5, 0.6) is 5.75 Å². The third-order valence-electron chi connectivity index (χ3n) is 4.20. The highest BCUT2D eigenvalue weighted by atomic mass is 16.5. The summed E-state index contributed by atoms with van der Waals surface area (Å²) in [5, 5.41) is 3.16. The standard InChI is InChI=1S/C22H32N4O/c1-17(2)19-7-5-8-20(15-19)25-22(23)24-16-18-9-11-21(12-10-18)27-14-6-13-26(3)4/h5,7-12,15,17H,6,13-14,16H2,1-4H3,(H3,23,24,25). The second-order valence-corrected chi connectivity index (χ2v) is 7.26. The number of aliphatic imine (C=N–C) groups is 1. The molecule has 2 rings (SSSR count). The van der Waals surface area contributed by atoms with Gasteiger partial charge in [-0.2, -0.15) is 0 Å². The summed E-state index contributed by atoms with van der Waals surface area (Å²) in [7, 11) is 4.13. The third-order valence-corrected chi connectivity index (χ3v) is 4.20. The van der Waals surface area contributed by atoms with Crippen LogP contribution in [0.4, 0.5) is 5.69 Å². The SMILES string of the molecule is CC(C)c1cccc(NC(N)=NCc2ccc(OCCCN(C)C)cc2)c1. The minimum atomic E-state index is 0.417. The molecule has 2 aromatic carbocycles. The van der Waals surface area contributed by atoms with Gasteiger partial charge in [0.15, 0.2) is 5.96 Å². The van der Waals surface area contributed by atoms with Crippen LogP contribution in [-0.4, -0.2) is 38.1 Å². The van der Waals surface area contributed by atoms with Crippen molar-refractivity contribution in [3.63, 3.8) is 0 Å². The molecule has 0 aromatic heterocycles. The Kier molecular flexibility index (Phi) is 8.14. The Morgan fingerprint density at radius 3 is 2.56 bits per heavy atom. The van der Waals surface area contributed by atoms with Crippen LogP contribution in [0.1, 0.15) is 37.3 Å². The van der Waals surface area contributed by atoms with Gasteiger partial charge in [-0.25, -0.2) is 4.99 Å². The quantitative estimate of drug-likeness (QED) is 0.398. The summed E-state index contributed by atoms with van der Waals surface area (Å²) in [5.74, 6) is 1.78. The number of anilines is 1. The summed E-state index contributed by atoms with van der Waals surface area (Å²) < 4.78 is 5.75. The Balaban J connectivity index is 1.83. The molecular weight excluding hydrogens is 336 g/mol. The van der Waals surface area contributed by atoms with Crippen molar-refractivity contribution in [1.29, 1.82) is 0 Å². The predicted octanol–water partition coefficient (Wildman–Crippen LogP) is 4.07. The van der Waals surface area contributed by atoms with Crippen LogP contribution in [0.3, 0.4) is 0 Å². The smallest absolute Gasteiger partial charge is 0.193 e. The fourth-order valence-electron chi connectivity index (χ4n) is 2.60. The number of nitrogens with two attached hydrogens (primary N) is 1. The number of hydrogen-bond donors (Lipinski definition) is 2. The summed E-state index contributed by atoms with van der Waals surface area (Å²) in [5.41, 5.74) is 9.35. The van der Waals surface area contributed by atoms with Crippen molar-refractivity contribution >= 4 is 11.6 Å². The van der Waals surface area contributed by atoms with E-state index in [0.29, 0.717) is 18.4 Å². The van der Waals surface area contributed by atoms with Crippen LogP contribution in [0.25, 0.3) is 0 Å². The van der Waals surface area contributed by atoms with Gasteiger partial charge in [0.1, 0.15) is 5.75 Å². The molecule has 0 aliphatic heterocycles. The number of nitrogens with zero attached hydrogens (tertiary/aromatic N) is 2. The molecule has 27 heavy (non-hydrogen) atoms. The summed E-state index contributed by atoms with van der Waals surface area (Å²) in [6, 6.07) is 16.3. The molecule has 0 atom stereocenters. The Morgan fingerprint density at radius 1 is 1.15 bits per heavy atom. The Hall–Kier alpha value is -2.53. The molecule has 0 amide bonds. The van der Waals surface area contributed by atoms with Crippen molar-refractivity contribution in [2.75, 3.05) is 32.6 Å². The first kappa shape index (κ1) is 20.8. The van der Waals surface area contributed by atoms with E-state index in [1.54, 1.807) is 0 Å². The molecule has 0 unspecified atom stereocenters. The summed E-state index contributed by atoms with van der Waals surface area (Å²) in [4.78, 5) is 6.58. The molecule has 0 fully saturated rings. The van der Waals surface area contributed by atoms with Crippen molar-refractivity contribution in [3.8, 4) is 5.75 Å². The zero-order valence-corrected chi connectivity index (χ0v) is 16.9. The Bertz CT molecular complexity index is 723. The maximum atomic E-state index is 6.03. The number of ether oxygens (including phenoxy) is 1. The molecule has 5 heteroatoms. The number of guanidine groups is 1. The van der Waals surface area contributed by atoms with Gasteiger partial charge in [0.25, 0.3) is 0 Å². The topological polar surface area (TPSA) is 62.9 Å². The molecule has 0 aliphatic rings. The maximum absolute atomic E-state index is 6.03. The molecular formula is C22H32N4O. The summed E-state index contributed by atoms with van der Waals surface area (Å²) in [6.45, 7) is 6.63. The van der Waals surface area contributed by atoms with E-state index in [1.165, 1.54) is 5.56 Å². The first-order chi connectivity index (χ1) is 12.9. The van der Waals surface area contributed by atoms with Gasteiger partial charge in [-0.1, -0.05) is 38.1 Å². The fourth-order valence-corrected chi connectivity index (χ4v) is 2.60. The number of rotatable bonds is 9.